The van der Waals surface area contributed by atoms with E-state index in [9.17, 15) is 14.7 Å². The van der Waals surface area contributed by atoms with Gasteiger partial charge in [-0.05, 0) is 68.0 Å². The number of phenolic OH excluding ortho intramolecular Hbond substituents is 1. The molecule has 5 N–H and O–H groups in total. The van der Waals surface area contributed by atoms with Gasteiger partial charge >= 0.3 is 11.9 Å². The van der Waals surface area contributed by atoms with Crippen LogP contribution in [-0.2, 0) is 21.4 Å². The minimum Gasteiger partial charge on any atom is -0.508 e. The molecule has 1 aromatic rings. The fourth-order valence-corrected chi connectivity index (χ4v) is 5.67. The number of aliphatic hydroxyl groups is 2. The molecule has 1 saturated carbocycles. The van der Waals surface area contributed by atoms with E-state index in [1.54, 1.807) is 0 Å². The molecule has 2 fully saturated rings. The SMILES string of the molecule is CC=CN1CC[C@]23CCCCC2C1Cc1ccc(O)cc13.O=C(O)C(O)C(O)C(=O)O. The van der Waals surface area contributed by atoms with Crippen LogP contribution in [0.15, 0.2) is 30.5 Å². The lowest BCUT2D eigenvalue weighted by atomic mass is 9.52. The third-order valence-electron chi connectivity index (χ3n) is 7.01. The van der Waals surface area contributed by atoms with Crippen molar-refractivity contribution in [3.05, 3.63) is 41.6 Å². The molecule has 4 rings (SSSR count). The highest BCUT2D eigenvalue weighted by molar-refractivity contribution is 5.83. The second kappa shape index (κ2) is 9.28. The first-order valence-corrected chi connectivity index (χ1v) is 10.7. The molecule has 1 aromatic carbocycles. The standard InChI is InChI=1S/C19H25NO.C4H6O6/c1-2-10-20-11-9-19-8-4-3-5-16(19)18(20)12-14-6-7-15(21)13-17(14)19;5-1(3(7)8)2(6)4(9)10/h2,6-7,10,13,16,18,21H,3-5,8-9,11-12H2,1H3;1-2,5-6H,(H,7,8)(H,9,10)/t16?,18?,19-;/m1./s1. The minimum absolute atomic E-state index is 0.341. The van der Waals surface area contributed by atoms with Crippen molar-refractivity contribution in [2.24, 2.45) is 5.92 Å². The minimum atomic E-state index is -2.27. The van der Waals surface area contributed by atoms with E-state index < -0.39 is 24.1 Å². The smallest absolute Gasteiger partial charge is 0.335 e. The molecule has 1 heterocycles. The van der Waals surface area contributed by atoms with Crippen molar-refractivity contribution in [3.8, 4) is 5.75 Å². The topological polar surface area (TPSA) is 139 Å². The highest BCUT2D eigenvalue weighted by Gasteiger charge is 2.53. The van der Waals surface area contributed by atoms with Gasteiger partial charge in [0.25, 0.3) is 0 Å². The van der Waals surface area contributed by atoms with Gasteiger partial charge in [-0.2, -0.15) is 0 Å². The quantitative estimate of drug-likeness (QED) is 0.485. The predicted octanol–water partition coefficient (Wildman–Crippen LogP) is 1.86. The highest BCUT2D eigenvalue weighted by Crippen LogP contribution is 2.56. The molecule has 8 nitrogen and oxygen atoms in total. The van der Waals surface area contributed by atoms with E-state index in [4.69, 9.17) is 20.4 Å². The molecular formula is C23H31NO7. The second-order valence-electron chi connectivity index (χ2n) is 8.66. The number of nitrogens with zero attached hydrogens (tertiary/aromatic N) is 1. The molecule has 4 unspecified atom stereocenters. The van der Waals surface area contributed by atoms with Gasteiger partial charge in [0.2, 0.25) is 0 Å². The Balaban J connectivity index is 0.000000233. The van der Waals surface area contributed by atoms with Gasteiger partial charge in [0.05, 0.1) is 0 Å². The van der Waals surface area contributed by atoms with Gasteiger partial charge in [0, 0.05) is 18.0 Å². The van der Waals surface area contributed by atoms with E-state index in [0.717, 1.165) is 12.3 Å². The van der Waals surface area contributed by atoms with Gasteiger partial charge in [-0.1, -0.05) is 25.0 Å². The number of fused-ring (bicyclic) bond motifs is 1. The maximum Gasteiger partial charge on any atom is 0.335 e. The largest absolute Gasteiger partial charge is 0.508 e. The molecule has 2 bridgehead atoms. The zero-order chi connectivity index (χ0) is 22.8. The first-order valence-electron chi connectivity index (χ1n) is 10.7. The van der Waals surface area contributed by atoms with Crippen molar-refractivity contribution in [2.45, 2.75) is 69.1 Å². The number of allylic oxidation sites excluding steroid dienone is 1. The van der Waals surface area contributed by atoms with E-state index >= 15 is 0 Å². The number of rotatable bonds is 4. The number of hydrogen-bond acceptors (Lipinski definition) is 6. The summed E-state index contributed by atoms with van der Waals surface area (Å²) in [5, 5.41) is 42.5. The van der Waals surface area contributed by atoms with Crippen molar-refractivity contribution in [2.75, 3.05) is 6.54 Å². The molecule has 170 valence electrons. The van der Waals surface area contributed by atoms with Crippen LogP contribution >= 0.6 is 0 Å². The Morgan fingerprint density at radius 3 is 2.42 bits per heavy atom. The third-order valence-corrected chi connectivity index (χ3v) is 7.01. The van der Waals surface area contributed by atoms with Crippen LogP contribution in [0, 0.1) is 5.92 Å². The summed E-state index contributed by atoms with van der Waals surface area (Å²) in [5.74, 6) is -2.32. The maximum atomic E-state index is 9.99. The van der Waals surface area contributed by atoms with Crippen LogP contribution in [0.3, 0.4) is 0 Å². The number of aromatic hydroxyl groups is 1. The van der Waals surface area contributed by atoms with Crippen molar-refractivity contribution >= 4 is 11.9 Å². The Morgan fingerprint density at radius 2 is 1.81 bits per heavy atom. The summed E-state index contributed by atoms with van der Waals surface area (Å²) < 4.78 is 0. The second-order valence-corrected chi connectivity index (χ2v) is 8.66. The van der Waals surface area contributed by atoms with Gasteiger partial charge in [0.1, 0.15) is 5.75 Å². The number of hydrogen-bond donors (Lipinski definition) is 5. The number of benzene rings is 1. The lowest BCUT2D eigenvalue weighted by Gasteiger charge is -2.59. The normalized spacial score (nSPS) is 28.5. The van der Waals surface area contributed by atoms with Crippen LogP contribution in [0.1, 0.15) is 50.2 Å². The number of piperidine rings is 1. The summed E-state index contributed by atoms with van der Waals surface area (Å²) in [4.78, 5) is 22.1. The monoisotopic (exact) mass is 433 g/mol. The highest BCUT2D eigenvalue weighted by atomic mass is 16.4. The molecule has 0 spiro atoms. The van der Waals surface area contributed by atoms with Crippen molar-refractivity contribution in [1.82, 2.24) is 4.90 Å². The Labute approximate surface area is 181 Å². The number of carboxylic acids is 2. The Kier molecular flexibility index (Phi) is 6.91. The number of carboxylic acid groups (broad SMARTS) is 2. The van der Waals surface area contributed by atoms with E-state index in [-0.39, 0.29) is 0 Å². The third kappa shape index (κ3) is 4.41. The van der Waals surface area contributed by atoms with E-state index in [1.807, 2.05) is 6.07 Å². The van der Waals surface area contributed by atoms with Crippen molar-refractivity contribution < 1.29 is 35.1 Å². The van der Waals surface area contributed by atoms with E-state index in [1.165, 1.54) is 49.8 Å². The summed E-state index contributed by atoms with van der Waals surface area (Å²) in [6.07, 6.45) is 7.73. The van der Waals surface area contributed by atoms with Gasteiger partial charge < -0.3 is 30.4 Å². The fourth-order valence-electron chi connectivity index (χ4n) is 5.67. The number of carbonyl (C=O) groups is 2. The Morgan fingerprint density at radius 1 is 1.13 bits per heavy atom. The van der Waals surface area contributed by atoms with Crippen LogP contribution in [0.25, 0.3) is 0 Å². The van der Waals surface area contributed by atoms with Crippen LogP contribution in [-0.4, -0.2) is 67.2 Å². The Hall–Kier alpha value is -2.58. The average molecular weight is 434 g/mol. The van der Waals surface area contributed by atoms with Crippen LogP contribution in [0.5, 0.6) is 5.75 Å². The van der Waals surface area contributed by atoms with Crippen LogP contribution < -0.4 is 0 Å². The van der Waals surface area contributed by atoms with Gasteiger partial charge in [-0.3, -0.25) is 0 Å². The molecule has 1 saturated heterocycles. The summed E-state index contributed by atoms with van der Waals surface area (Å²) in [6.45, 7) is 3.29. The first-order chi connectivity index (χ1) is 14.7. The summed E-state index contributed by atoms with van der Waals surface area (Å²) in [6, 6.07) is 6.78. The molecule has 2 aliphatic carbocycles. The maximum absolute atomic E-state index is 9.99. The molecular weight excluding hydrogens is 402 g/mol. The lowest BCUT2D eigenvalue weighted by Crippen LogP contribution is -2.59. The van der Waals surface area contributed by atoms with Gasteiger partial charge in [-0.25, -0.2) is 9.59 Å². The summed E-state index contributed by atoms with van der Waals surface area (Å²) >= 11 is 0. The lowest BCUT2D eigenvalue weighted by molar-refractivity contribution is -0.165. The molecule has 1 aliphatic heterocycles. The molecule has 8 heteroatoms. The molecule has 3 aliphatic rings. The fraction of sp³-hybridized carbons (Fsp3) is 0.565. The summed E-state index contributed by atoms with van der Waals surface area (Å²) in [7, 11) is 0. The van der Waals surface area contributed by atoms with Gasteiger partial charge in [0.15, 0.2) is 12.2 Å². The van der Waals surface area contributed by atoms with Crippen molar-refractivity contribution in [3.63, 3.8) is 0 Å². The van der Waals surface area contributed by atoms with Gasteiger partial charge in [-0.15, -0.1) is 0 Å². The number of aliphatic hydroxyl groups excluding tert-OH is 2. The molecule has 0 amide bonds. The van der Waals surface area contributed by atoms with Crippen molar-refractivity contribution in [1.29, 1.82) is 0 Å². The molecule has 0 radical (unpaired) electrons. The van der Waals surface area contributed by atoms with E-state index in [2.05, 4.69) is 36.2 Å². The van der Waals surface area contributed by atoms with E-state index in [0.29, 0.717) is 17.2 Å². The zero-order valence-electron chi connectivity index (χ0n) is 17.6. The zero-order valence-corrected chi connectivity index (χ0v) is 17.6. The predicted molar refractivity (Wildman–Crippen MR) is 113 cm³/mol. The first kappa shape index (κ1) is 23.1. The molecule has 0 aromatic heterocycles. The summed E-state index contributed by atoms with van der Waals surface area (Å²) in [5.41, 5.74) is 3.29. The van der Waals surface area contributed by atoms with Crippen LogP contribution in [0.4, 0.5) is 0 Å². The number of likely N-dealkylation sites (tertiary alicyclic amines) is 1. The molecule has 31 heavy (non-hydrogen) atoms. The molecule has 5 atom stereocenters. The number of aliphatic carboxylic acids is 2. The number of phenols is 1. The van der Waals surface area contributed by atoms with Crippen LogP contribution in [0.2, 0.25) is 0 Å². The Bertz CT molecular complexity index is 836. The average Bonchev–Trinajstić information content (AvgIpc) is 2.75.